The van der Waals surface area contributed by atoms with Gasteiger partial charge in [-0.1, -0.05) is 29.8 Å². The van der Waals surface area contributed by atoms with Crippen LogP contribution >= 0.6 is 0 Å². The number of amides is 2. The van der Waals surface area contributed by atoms with Crippen LogP contribution in [0.3, 0.4) is 0 Å². The molecule has 2 rings (SSSR count). The first kappa shape index (κ1) is 12.6. The van der Waals surface area contributed by atoms with Crippen LogP contribution < -0.4 is 11.1 Å². The van der Waals surface area contributed by atoms with Crippen molar-refractivity contribution in [2.45, 2.75) is 32.2 Å². The maximum absolute atomic E-state index is 11.7. The van der Waals surface area contributed by atoms with E-state index in [2.05, 4.69) is 5.32 Å². The topological polar surface area (TPSA) is 72.2 Å². The summed E-state index contributed by atoms with van der Waals surface area (Å²) in [4.78, 5) is 23.0. The lowest BCUT2D eigenvalue weighted by molar-refractivity contribution is -0.128. The quantitative estimate of drug-likeness (QED) is 0.810. The van der Waals surface area contributed by atoms with E-state index in [1.165, 1.54) is 0 Å². The Hall–Kier alpha value is -1.84. The fourth-order valence-electron chi connectivity index (χ4n) is 1.93. The highest BCUT2D eigenvalue weighted by molar-refractivity contribution is 5.88. The van der Waals surface area contributed by atoms with Crippen molar-refractivity contribution in [3.05, 3.63) is 35.4 Å². The van der Waals surface area contributed by atoms with E-state index in [1.54, 1.807) is 0 Å². The number of benzene rings is 1. The van der Waals surface area contributed by atoms with Crippen molar-refractivity contribution < 1.29 is 9.59 Å². The van der Waals surface area contributed by atoms with Crippen LogP contribution in [0.2, 0.25) is 0 Å². The van der Waals surface area contributed by atoms with E-state index in [9.17, 15) is 9.59 Å². The van der Waals surface area contributed by atoms with Crippen LogP contribution in [0.15, 0.2) is 24.3 Å². The van der Waals surface area contributed by atoms with Crippen molar-refractivity contribution in [3.8, 4) is 0 Å². The van der Waals surface area contributed by atoms with E-state index in [-0.39, 0.29) is 11.8 Å². The third-order valence-corrected chi connectivity index (χ3v) is 3.13. The molecule has 0 bridgehead atoms. The molecule has 1 aromatic rings. The first-order chi connectivity index (χ1) is 8.56. The highest BCUT2D eigenvalue weighted by Gasteiger charge is 2.32. The molecule has 96 valence electrons. The Morgan fingerprint density at radius 3 is 2.72 bits per heavy atom. The summed E-state index contributed by atoms with van der Waals surface area (Å²) in [6, 6.07) is 7.25. The number of carbonyl (C=O) groups excluding carboxylic acids is 2. The Morgan fingerprint density at radius 1 is 1.44 bits per heavy atom. The summed E-state index contributed by atoms with van der Waals surface area (Å²) in [5, 5.41) is 2.73. The Balaban J connectivity index is 2.01. The van der Waals surface area contributed by atoms with E-state index >= 15 is 0 Å². The van der Waals surface area contributed by atoms with E-state index in [0.717, 1.165) is 24.0 Å². The van der Waals surface area contributed by atoms with Crippen LogP contribution in [0.4, 0.5) is 0 Å². The normalized spacial score (nSPS) is 16.1. The molecule has 0 saturated heterocycles. The van der Waals surface area contributed by atoms with Gasteiger partial charge in [-0.15, -0.1) is 0 Å². The van der Waals surface area contributed by atoms with Crippen molar-refractivity contribution >= 4 is 11.8 Å². The van der Waals surface area contributed by atoms with Gasteiger partial charge in [-0.05, 0) is 25.3 Å². The fourth-order valence-corrected chi connectivity index (χ4v) is 1.93. The van der Waals surface area contributed by atoms with Crippen molar-refractivity contribution in [1.82, 2.24) is 5.32 Å². The minimum Gasteiger partial charge on any atom is -0.368 e. The molecule has 1 aromatic carbocycles. The van der Waals surface area contributed by atoms with Gasteiger partial charge < -0.3 is 11.1 Å². The van der Waals surface area contributed by atoms with Crippen LogP contribution in [0.5, 0.6) is 0 Å². The van der Waals surface area contributed by atoms with Gasteiger partial charge >= 0.3 is 0 Å². The molecule has 1 atom stereocenters. The molecule has 4 nitrogen and oxygen atoms in total. The number of nitrogens with one attached hydrogen (secondary N) is 1. The second-order valence-corrected chi connectivity index (χ2v) is 4.93. The minimum absolute atomic E-state index is 0.0496. The van der Waals surface area contributed by atoms with Gasteiger partial charge in [0.2, 0.25) is 11.8 Å². The van der Waals surface area contributed by atoms with Crippen LogP contribution in [-0.4, -0.2) is 17.9 Å². The molecule has 1 aliphatic rings. The van der Waals surface area contributed by atoms with Gasteiger partial charge in [0.1, 0.15) is 6.04 Å². The van der Waals surface area contributed by atoms with Gasteiger partial charge in [-0.3, -0.25) is 9.59 Å². The molecule has 1 fully saturated rings. The molecule has 0 radical (unpaired) electrons. The summed E-state index contributed by atoms with van der Waals surface area (Å²) in [5.74, 6) is -0.443. The monoisotopic (exact) mass is 246 g/mol. The van der Waals surface area contributed by atoms with Crippen LogP contribution in [-0.2, 0) is 16.0 Å². The van der Waals surface area contributed by atoms with Crippen molar-refractivity contribution in [2.75, 3.05) is 0 Å². The molecule has 0 aliphatic heterocycles. The molecule has 0 aromatic heterocycles. The first-order valence-electron chi connectivity index (χ1n) is 6.21. The summed E-state index contributed by atoms with van der Waals surface area (Å²) in [6.45, 7) is 1.99. The highest BCUT2D eigenvalue weighted by Crippen LogP contribution is 2.28. The minimum atomic E-state index is -0.611. The molecule has 0 spiro atoms. The average Bonchev–Trinajstić information content (AvgIpc) is 3.11. The zero-order chi connectivity index (χ0) is 13.1. The van der Waals surface area contributed by atoms with Crippen LogP contribution in [0, 0.1) is 12.8 Å². The van der Waals surface area contributed by atoms with E-state index in [1.807, 2.05) is 31.2 Å². The second-order valence-electron chi connectivity index (χ2n) is 4.93. The Bertz CT molecular complexity index is 467. The molecule has 18 heavy (non-hydrogen) atoms. The summed E-state index contributed by atoms with van der Waals surface area (Å²) >= 11 is 0. The zero-order valence-corrected chi connectivity index (χ0v) is 10.5. The Labute approximate surface area is 107 Å². The SMILES string of the molecule is Cc1cccc(C[C@@H](NC(=O)C2CC2)C(N)=O)c1. The third-order valence-electron chi connectivity index (χ3n) is 3.13. The molecule has 0 unspecified atom stereocenters. The van der Waals surface area contributed by atoms with Gasteiger partial charge in [0.25, 0.3) is 0 Å². The third kappa shape index (κ3) is 3.32. The molecule has 1 aliphatic carbocycles. The Morgan fingerprint density at radius 2 is 2.17 bits per heavy atom. The number of hydrogen-bond donors (Lipinski definition) is 2. The van der Waals surface area contributed by atoms with Crippen LogP contribution in [0.1, 0.15) is 24.0 Å². The number of rotatable bonds is 5. The molecular weight excluding hydrogens is 228 g/mol. The number of carbonyl (C=O) groups is 2. The lowest BCUT2D eigenvalue weighted by Crippen LogP contribution is -2.46. The molecule has 3 N–H and O–H groups in total. The van der Waals surface area contributed by atoms with Crippen molar-refractivity contribution in [2.24, 2.45) is 11.7 Å². The van der Waals surface area contributed by atoms with Gasteiger partial charge in [0, 0.05) is 12.3 Å². The predicted molar refractivity (Wildman–Crippen MR) is 68.7 cm³/mol. The summed E-state index contributed by atoms with van der Waals surface area (Å²) in [5.41, 5.74) is 7.48. The molecule has 0 heterocycles. The van der Waals surface area contributed by atoms with E-state index < -0.39 is 11.9 Å². The summed E-state index contributed by atoms with van der Waals surface area (Å²) in [6.07, 6.45) is 2.29. The maximum atomic E-state index is 11.7. The maximum Gasteiger partial charge on any atom is 0.240 e. The predicted octanol–water partition coefficient (Wildman–Crippen LogP) is 0.918. The molecule has 1 saturated carbocycles. The number of aryl methyl sites for hydroxylation is 1. The second kappa shape index (κ2) is 5.21. The average molecular weight is 246 g/mol. The Kier molecular flexibility index (Phi) is 3.65. The largest absolute Gasteiger partial charge is 0.368 e. The summed E-state index contributed by atoms with van der Waals surface area (Å²) in [7, 11) is 0. The van der Waals surface area contributed by atoms with Gasteiger partial charge in [-0.25, -0.2) is 0 Å². The van der Waals surface area contributed by atoms with Gasteiger partial charge in [0.05, 0.1) is 0 Å². The fraction of sp³-hybridized carbons (Fsp3) is 0.429. The molecule has 2 amide bonds. The first-order valence-corrected chi connectivity index (χ1v) is 6.21. The molecular formula is C14H18N2O2. The summed E-state index contributed by atoms with van der Waals surface area (Å²) < 4.78 is 0. The van der Waals surface area contributed by atoms with Gasteiger partial charge in [-0.2, -0.15) is 0 Å². The lowest BCUT2D eigenvalue weighted by Gasteiger charge is -2.15. The molecule has 4 heteroatoms. The van der Waals surface area contributed by atoms with Crippen LogP contribution in [0.25, 0.3) is 0 Å². The van der Waals surface area contributed by atoms with E-state index in [4.69, 9.17) is 5.73 Å². The highest BCUT2D eigenvalue weighted by atomic mass is 16.2. The van der Waals surface area contributed by atoms with Crippen molar-refractivity contribution in [3.63, 3.8) is 0 Å². The number of primary amides is 1. The van der Waals surface area contributed by atoms with Crippen molar-refractivity contribution in [1.29, 1.82) is 0 Å². The standard InChI is InChI=1S/C14H18N2O2/c1-9-3-2-4-10(7-9)8-12(13(15)17)16-14(18)11-5-6-11/h2-4,7,11-12H,5-6,8H2,1H3,(H2,15,17)(H,16,18)/t12-/m1/s1. The lowest BCUT2D eigenvalue weighted by atomic mass is 10.0. The smallest absolute Gasteiger partial charge is 0.240 e. The number of hydrogen-bond acceptors (Lipinski definition) is 2. The van der Waals surface area contributed by atoms with Gasteiger partial charge in [0.15, 0.2) is 0 Å². The zero-order valence-electron chi connectivity index (χ0n) is 10.5. The number of nitrogens with two attached hydrogens (primary N) is 1. The van der Waals surface area contributed by atoms with E-state index in [0.29, 0.717) is 6.42 Å².